The average molecular weight is 413 g/mol. The lowest BCUT2D eigenvalue weighted by molar-refractivity contribution is -0.384. The molecule has 2 heterocycles. The molecule has 9 nitrogen and oxygen atoms in total. The van der Waals surface area contributed by atoms with E-state index in [0.717, 1.165) is 28.2 Å². The molecule has 154 valence electrons. The number of nitro groups is 1. The van der Waals surface area contributed by atoms with Gasteiger partial charge in [-0.25, -0.2) is 20.1 Å². The van der Waals surface area contributed by atoms with E-state index >= 15 is 0 Å². The zero-order chi connectivity index (χ0) is 21.8. The van der Waals surface area contributed by atoms with Crippen molar-refractivity contribution in [1.82, 2.24) is 19.7 Å². The standard InChI is InChI=1S/C22H19N7O2/c1-15-12-16(2)25-22(24-15)26-23-13-18-14-28(19-6-4-3-5-7-19)27-21(18)17-8-10-20(11-9-17)29(30)31/h3-14H,1-2H3,(H,24,25,26)/b23-13-. The number of aryl methyl sites for hydroxylation is 2. The Morgan fingerprint density at radius 3 is 2.35 bits per heavy atom. The summed E-state index contributed by atoms with van der Waals surface area (Å²) in [5, 5.41) is 19.9. The molecule has 0 fully saturated rings. The van der Waals surface area contributed by atoms with E-state index in [4.69, 9.17) is 0 Å². The number of benzene rings is 2. The van der Waals surface area contributed by atoms with E-state index in [2.05, 4.69) is 25.6 Å². The highest BCUT2D eigenvalue weighted by molar-refractivity contribution is 5.89. The van der Waals surface area contributed by atoms with Crippen molar-refractivity contribution in [2.24, 2.45) is 5.10 Å². The van der Waals surface area contributed by atoms with E-state index in [1.54, 1.807) is 23.0 Å². The molecule has 0 amide bonds. The van der Waals surface area contributed by atoms with Gasteiger partial charge in [0.15, 0.2) is 0 Å². The normalized spacial score (nSPS) is 11.0. The number of aromatic nitrogens is 4. The molecule has 9 heteroatoms. The number of para-hydroxylation sites is 1. The number of non-ortho nitro benzene ring substituents is 1. The first-order chi connectivity index (χ1) is 15.0. The highest BCUT2D eigenvalue weighted by Crippen LogP contribution is 2.25. The second-order valence-electron chi connectivity index (χ2n) is 6.86. The van der Waals surface area contributed by atoms with E-state index in [1.807, 2.05) is 56.4 Å². The fourth-order valence-corrected chi connectivity index (χ4v) is 3.10. The van der Waals surface area contributed by atoms with Gasteiger partial charge < -0.3 is 0 Å². The Morgan fingerprint density at radius 1 is 1.03 bits per heavy atom. The van der Waals surface area contributed by atoms with Crippen molar-refractivity contribution >= 4 is 17.9 Å². The zero-order valence-electron chi connectivity index (χ0n) is 16.9. The fraction of sp³-hybridized carbons (Fsp3) is 0.0909. The number of hydrogen-bond acceptors (Lipinski definition) is 7. The third-order valence-electron chi connectivity index (χ3n) is 4.47. The maximum Gasteiger partial charge on any atom is 0.269 e. The van der Waals surface area contributed by atoms with Gasteiger partial charge in [-0.15, -0.1) is 0 Å². The van der Waals surface area contributed by atoms with Gasteiger partial charge in [-0.2, -0.15) is 10.2 Å². The lowest BCUT2D eigenvalue weighted by Crippen LogP contribution is -1.99. The van der Waals surface area contributed by atoms with Gasteiger partial charge in [0.25, 0.3) is 5.69 Å². The van der Waals surface area contributed by atoms with Crippen LogP contribution in [0, 0.1) is 24.0 Å². The monoisotopic (exact) mass is 413 g/mol. The van der Waals surface area contributed by atoms with Crippen LogP contribution in [-0.2, 0) is 0 Å². The van der Waals surface area contributed by atoms with Crippen LogP contribution in [0.2, 0.25) is 0 Å². The van der Waals surface area contributed by atoms with E-state index in [1.165, 1.54) is 12.1 Å². The highest BCUT2D eigenvalue weighted by Gasteiger charge is 2.13. The topological polar surface area (TPSA) is 111 Å². The zero-order valence-corrected chi connectivity index (χ0v) is 16.9. The summed E-state index contributed by atoms with van der Waals surface area (Å²) in [5.41, 5.74) is 7.55. The van der Waals surface area contributed by atoms with Crippen molar-refractivity contribution in [1.29, 1.82) is 0 Å². The molecule has 0 bridgehead atoms. The van der Waals surface area contributed by atoms with Crippen LogP contribution in [-0.4, -0.2) is 30.9 Å². The van der Waals surface area contributed by atoms with Crippen LogP contribution < -0.4 is 5.43 Å². The minimum atomic E-state index is -0.428. The number of nitrogens with one attached hydrogen (secondary N) is 1. The van der Waals surface area contributed by atoms with E-state index in [0.29, 0.717) is 11.6 Å². The first-order valence-electron chi connectivity index (χ1n) is 9.51. The minimum Gasteiger partial charge on any atom is -0.258 e. The van der Waals surface area contributed by atoms with Crippen LogP contribution in [0.1, 0.15) is 17.0 Å². The second-order valence-corrected chi connectivity index (χ2v) is 6.86. The fourth-order valence-electron chi connectivity index (χ4n) is 3.10. The number of anilines is 1. The Hall–Kier alpha value is -4.40. The van der Waals surface area contributed by atoms with Crippen LogP contribution in [0.25, 0.3) is 16.9 Å². The second kappa shape index (κ2) is 8.54. The summed E-state index contributed by atoms with van der Waals surface area (Å²) in [7, 11) is 0. The van der Waals surface area contributed by atoms with Crippen molar-refractivity contribution in [3.05, 3.63) is 93.9 Å². The Labute approximate surface area is 178 Å². The van der Waals surface area contributed by atoms with Gasteiger partial charge in [-0.1, -0.05) is 18.2 Å². The van der Waals surface area contributed by atoms with Gasteiger partial charge in [0.1, 0.15) is 5.69 Å². The van der Waals surface area contributed by atoms with E-state index in [-0.39, 0.29) is 5.69 Å². The third kappa shape index (κ3) is 4.61. The highest BCUT2D eigenvalue weighted by atomic mass is 16.6. The lowest BCUT2D eigenvalue weighted by atomic mass is 10.1. The smallest absolute Gasteiger partial charge is 0.258 e. The lowest BCUT2D eigenvalue weighted by Gasteiger charge is -2.02. The summed E-state index contributed by atoms with van der Waals surface area (Å²) in [6.07, 6.45) is 3.48. The first kappa shape index (κ1) is 19.9. The van der Waals surface area contributed by atoms with Gasteiger partial charge in [0, 0.05) is 40.8 Å². The van der Waals surface area contributed by atoms with Crippen LogP contribution in [0.15, 0.2) is 72.0 Å². The number of hydrogen-bond donors (Lipinski definition) is 1. The molecular weight excluding hydrogens is 394 g/mol. The maximum absolute atomic E-state index is 11.0. The van der Waals surface area contributed by atoms with E-state index < -0.39 is 4.92 Å². The molecule has 0 aliphatic heterocycles. The number of nitrogens with zero attached hydrogens (tertiary/aromatic N) is 6. The van der Waals surface area contributed by atoms with Crippen molar-refractivity contribution in [2.75, 3.05) is 5.43 Å². The summed E-state index contributed by atoms with van der Waals surface area (Å²) in [6, 6.07) is 17.8. The molecule has 31 heavy (non-hydrogen) atoms. The molecule has 2 aromatic heterocycles. The molecular formula is C22H19N7O2. The summed E-state index contributed by atoms with van der Waals surface area (Å²) in [6.45, 7) is 3.78. The Kier molecular flexibility index (Phi) is 5.48. The van der Waals surface area contributed by atoms with Crippen LogP contribution in [0.4, 0.5) is 11.6 Å². The summed E-state index contributed by atoms with van der Waals surface area (Å²) >= 11 is 0. The minimum absolute atomic E-state index is 0.0232. The molecule has 0 saturated heterocycles. The van der Waals surface area contributed by atoms with Gasteiger partial charge in [-0.05, 0) is 44.2 Å². The Bertz CT molecular complexity index is 1230. The predicted octanol–water partition coefficient (Wildman–Crippen LogP) is 4.30. The first-order valence-corrected chi connectivity index (χ1v) is 9.51. The number of nitro benzene ring substituents is 1. The van der Waals surface area contributed by atoms with Crippen molar-refractivity contribution < 1.29 is 4.92 Å². The van der Waals surface area contributed by atoms with Crippen molar-refractivity contribution in [2.45, 2.75) is 13.8 Å². The molecule has 2 aromatic carbocycles. The predicted molar refractivity (Wildman–Crippen MR) is 118 cm³/mol. The molecule has 0 radical (unpaired) electrons. The quantitative estimate of drug-likeness (QED) is 0.287. The molecule has 0 unspecified atom stereocenters. The SMILES string of the molecule is Cc1cc(C)nc(N/N=C\c2cn(-c3ccccc3)nc2-c2ccc([N+](=O)[O-])cc2)n1. The van der Waals surface area contributed by atoms with Crippen LogP contribution in [0.3, 0.4) is 0 Å². The molecule has 0 saturated carbocycles. The molecule has 0 aliphatic rings. The third-order valence-corrected chi connectivity index (χ3v) is 4.47. The van der Waals surface area contributed by atoms with Crippen molar-refractivity contribution in [3.8, 4) is 16.9 Å². The van der Waals surface area contributed by atoms with Crippen LogP contribution in [0.5, 0.6) is 0 Å². The summed E-state index contributed by atoms with van der Waals surface area (Å²) < 4.78 is 1.74. The summed E-state index contributed by atoms with van der Waals surface area (Å²) in [5.74, 6) is 0.404. The molecule has 0 aliphatic carbocycles. The van der Waals surface area contributed by atoms with Crippen molar-refractivity contribution in [3.63, 3.8) is 0 Å². The average Bonchev–Trinajstić information content (AvgIpc) is 3.18. The Morgan fingerprint density at radius 2 is 1.71 bits per heavy atom. The van der Waals surface area contributed by atoms with E-state index in [9.17, 15) is 10.1 Å². The summed E-state index contributed by atoms with van der Waals surface area (Å²) in [4.78, 5) is 19.2. The van der Waals surface area contributed by atoms with Gasteiger partial charge in [-0.3, -0.25) is 10.1 Å². The van der Waals surface area contributed by atoms with Gasteiger partial charge >= 0.3 is 0 Å². The molecule has 4 rings (SSSR count). The largest absolute Gasteiger partial charge is 0.269 e. The van der Waals surface area contributed by atoms with Crippen LogP contribution >= 0.6 is 0 Å². The molecule has 1 N–H and O–H groups in total. The number of rotatable bonds is 6. The van der Waals surface area contributed by atoms with Gasteiger partial charge in [0.2, 0.25) is 5.95 Å². The molecule has 0 atom stereocenters. The number of hydrazone groups is 1. The molecule has 4 aromatic rings. The Balaban J connectivity index is 1.69. The maximum atomic E-state index is 11.0. The van der Waals surface area contributed by atoms with Gasteiger partial charge in [0.05, 0.1) is 16.8 Å². The molecule has 0 spiro atoms.